The molecule has 4 rings (SSSR count). The van der Waals surface area contributed by atoms with E-state index in [1.54, 1.807) is 17.3 Å². The Morgan fingerprint density at radius 2 is 1.79 bits per heavy atom. The summed E-state index contributed by atoms with van der Waals surface area (Å²) < 4.78 is 1.86. The fraction of sp³-hybridized carbons (Fsp3) is 0.174. The highest BCUT2D eigenvalue weighted by atomic mass is 16.2. The number of nitrogens with zero attached hydrogens (tertiary/aromatic N) is 4. The molecule has 2 heterocycles. The monoisotopic (exact) mass is 370 g/mol. The Labute approximate surface area is 164 Å². The summed E-state index contributed by atoms with van der Waals surface area (Å²) in [6, 6.07) is 19.9. The van der Waals surface area contributed by atoms with E-state index in [4.69, 9.17) is 0 Å². The average Bonchev–Trinajstić information content (AvgIpc) is 3.12. The smallest absolute Gasteiger partial charge is 0.259 e. The summed E-state index contributed by atoms with van der Waals surface area (Å²) in [7, 11) is 0. The number of aryl methyl sites for hydroxylation is 1. The van der Waals surface area contributed by atoms with E-state index in [1.807, 2.05) is 67.1 Å². The number of amides is 1. The van der Waals surface area contributed by atoms with Gasteiger partial charge in [-0.3, -0.25) is 4.79 Å². The zero-order valence-electron chi connectivity index (χ0n) is 16.0. The number of para-hydroxylation sites is 1. The Morgan fingerprint density at radius 3 is 2.54 bits per heavy atom. The zero-order valence-corrected chi connectivity index (χ0v) is 16.0. The van der Waals surface area contributed by atoms with Crippen molar-refractivity contribution in [2.24, 2.45) is 0 Å². The number of carbonyl (C=O) groups excluding carboxylic acids is 1. The molecule has 0 saturated heterocycles. The Morgan fingerprint density at radius 1 is 1.04 bits per heavy atom. The molecule has 2 aromatic carbocycles. The molecule has 0 saturated carbocycles. The first-order valence-electron chi connectivity index (χ1n) is 9.40. The van der Waals surface area contributed by atoms with Gasteiger partial charge in [0.05, 0.1) is 18.3 Å². The van der Waals surface area contributed by atoms with Gasteiger partial charge in [-0.1, -0.05) is 48.5 Å². The number of aromatic nitrogens is 3. The highest BCUT2D eigenvalue weighted by Gasteiger charge is 2.19. The van der Waals surface area contributed by atoms with E-state index in [9.17, 15) is 4.79 Å². The molecule has 5 nitrogen and oxygen atoms in total. The lowest BCUT2D eigenvalue weighted by Crippen LogP contribution is -2.31. The maximum atomic E-state index is 13.1. The predicted molar refractivity (Wildman–Crippen MR) is 112 cm³/mol. The van der Waals surface area contributed by atoms with E-state index in [0.29, 0.717) is 18.7 Å². The van der Waals surface area contributed by atoms with Gasteiger partial charge in [0, 0.05) is 23.8 Å². The Bertz CT molecular complexity index is 1120. The van der Waals surface area contributed by atoms with Crippen LogP contribution in [-0.4, -0.2) is 27.2 Å². The predicted octanol–water partition coefficient (Wildman–Crippen LogP) is 4.45. The number of hydrogen-bond donors (Lipinski definition) is 0. The number of pyridine rings is 1. The second-order valence-corrected chi connectivity index (χ2v) is 6.76. The summed E-state index contributed by atoms with van der Waals surface area (Å²) in [4.78, 5) is 19.5. The number of hydrogen-bond acceptors (Lipinski definition) is 3. The van der Waals surface area contributed by atoms with Crippen molar-refractivity contribution in [1.82, 2.24) is 14.8 Å². The van der Waals surface area contributed by atoms with E-state index in [0.717, 1.165) is 27.8 Å². The Kier molecular flexibility index (Phi) is 4.89. The van der Waals surface area contributed by atoms with Gasteiger partial charge >= 0.3 is 0 Å². The molecule has 0 radical (unpaired) electrons. The minimum atomic E-state index is -0.0537. The van der Waals surface area contributed by atoms with Crippen LogP contribution in [0.25, 0.3) is 11.0 Å². The molecular formula is C23H22N4O. The van der Waals surface area contributed by atoms with E-state index in [-0.39, 0.29) is 5.91 Å². The first-order valence-corrected chi connectivity index (χ1v) is 9.40. The molecule has 140 valence electrons. The van der Waals surface area contributed by atoms with Gasteiger partial charge in [0.15, 0.2) is 5.65 Å². The molecule has 0 unspecified atom stereocenters. The standard InChI is InChI=1S/C23H22N4O/c1-3-26(21-12-8-7-9-17(21)2)23(28)20-13-19-15-25-27(22(19)24-14-20)16-18-10-5-4-6-11-18/h4-15H,3,16H2,1-2H3. The van der Waals surface area contributed by atoms with Crippen LogP contribution in [0.5, 0.6) is 0 Å². The van der Waals surface area contributed by atoms with Gasteiger partial charge in [-0.2, -0.15) is 5.10 Å². The number of anilines is 1. The fourth-order valence-corrected chi connectivity index (χ4v) is 3.41. The van der Waals surface area contributed by atoms with Crippen molar-refractivity contribution < 1.29 is 4.79 Å². The maximum absolute atomic E-state index is 13.1. The van der Waals surface area contributed by atoms with Crippen LogP contribution >= 0.6 is 0 Å². The van der Waals surface area contributed by atoms with Crippen LogP contribution in [0.1, 0.15) is 28.4 Å². The lowest BCUT2D eigenvalue weighted by atomic mass is 10.1. The van der Waals surface area contributed by atoms with Crippen LogP contribution in [0, 0.1) is 6.92 Å². The molecule has 0 aliphatic rings. The third kappa shape index (κ3) is 3.39. The summed E-state index contributed by atoms with van der Waals surface area (Å²) in [6.45, 7) is 5.23. The normalized spacial score (nSPS) is 10.9. The third-order valence-corrected chi connectivity index (χ3v) is 4.87. The molecule has 5 heteroatoms. The molecule has 0 aliphatic carbocycles. The first kappa shape index (κ1) is 17.9. The molecule has 0 spiro atoms. The largest absolute Gasteiger partial charge is 0.308 e. The van der Waals surface area contributed by atoms with Crippen molar-refractivity contribution in [3.8, 4) is 0 Å². The first-order chi connectivity index (χ1) is 13.7. The van der Waals surface area contributed by atoms with Crippen LogP contribution < -0.4 is 4.90 Å². The van der Waals surface area contributed by atoms with Gasteiger partial charge in [-0.15, -0.1) is 0 Å². The maximum Gasteiger partial charge on any atom is 0.259 e. The molecule has 2 aromatic heterocycles. The van der Waals surface area contributed by atoms with Crippen LogP contribution in [0.3, 0.4) is 0 Å². The molecule has 0 N–H and O–H groups in total. The topological polar surface area (TPSA) is 51.0 Å². The van der Waals surface area contributed by atoms with E-state index < -0.39 is 0 Å². The van der Waals surface area contributed by atoms with Gasteiger partial charge in [-0.05, 0) is 37.1 Å². The van der Waals surface area contributed by atoms with Crippen molar-refractivity contribution in [1.29, 1.82) is 0 Å². The van der Waals surface area contributed by atoms with E-state index >= 15 is 0 Å². The second kappa shape index (κ2) is 7.64. The number of carbonyl (C=O) groups is 1. The summed E-state index contributed by atoms with van der Waals surface area (Å²) in [6.07, 6.45) is 3.42. The minimum Gasteiger partial charge on any atom is -0.308 e. The van der Waals surface area contributed by atoms with Crippen LogP contribution in [0.15, 0.2) is 73.1 Å². The van der Waals surface area contributed by atoms with Gasteiger partial charge in [0.2, 0.25) is 0 Å². The zero-order chi connectivity index (χ0) is 19.5. The van der Waals surface area contributed by atoms with Crippen molar-refractivity contribution in [2.45, 2.75) is 20.4 Å². The molecule has 0 aliphatic heterocycles. The van der Waals surface area contributed by atoms with Crippen molar-refractivity contribution in [3.05, 3.63) is 89.7 Å². The Hall–Kier alpha value is -3.47. The number of benzene rings is 2. The SMILES string of the molecule is CCN(C(=O)c1cnc2c(cnn2Cc2ccccc2)c1)c1ccccc1C. The highest BCUT2D eigenvalue weighted by molar-refractivity contribution is 6.07. The van der Waals surface area contributed by atoms with E-state index in [2.05, 4.69) is 22.2 Å². The van der Waals surface area contributed by atoms with Crippen molar-refractivity contribution in [3.63, 3.8) is 0 Å². The molecule has 28 heavy (non-hydrogen) atoms. The number of rotatable bonds is 5. The van der Waals surface area contributed by atoms with Crippen LogP contribution in [0.2, 0.25) is 0 Å². The van der Waals surface area contributed by atoms with Crippen molar-refractivity contribution in [2.75, 3.05) is 11.4 Å². The molecule has 1 amide bonds. The second-order valence-electron chi connectivity index (χ2n) is 6.76. The quantitative estimate of drug-likeness (QED) is 0.521. The molecular weight excluding hydrogens is 348 g/mol. The molecule has 0 fully saturated rings. The lowest BCUT2D eigenvalue weighted by Gasteiger charge is -2.23. The van der Waals surface area contributed by atoms with Crippen molar-refractivity contribution >= 4 is 22.6 Å². The van der Waals surface area contributed by atoms with Gasteiger partial charge in [0.1, 0.15) is 0 Å². The Balaban J connectivity index is 1.64. The van der Waals surface area contributed by atoms with Crippen LogP contribution in [0.4, 0.5) is 5.69 Å². The van der Waals surface area contributed by atoms with E-state index in [1.165, 1.54) is 0 Å². The van der Waals surface area contributed by atoms with Gasteiger partial charge < -0.3 is 4.90 Å². The van der Waals surface area contributed by atoms with Gasteiger partial charge in [0.25, 0.3) is 5.91 Å². The number of fused-ring (bicyclic) bond motifs is 1. The summed E-state index contributed by atoms with van der Waals surface area (Å²) in [5.41, 5.74) is 4.50. The summed E-state index contributed by atoms with van der Waals surface area (Å²) in [5.74, 6) is -0.0537. The minimum absolute atomic E-state index is 0.0537. The van der Waals surface area contributed by atoms with Gasteiger partial charge in [-0.25, -0.2) is 9.67 Å². The van der Waals surface area contributed by atoms with Crippen LogP contribution in [-0.2, 0) is 6.54 Å². The fourth-order valence-electron chi connectivity index (χ4n) is 3.41. The third-order valence-electron chi connectivity index (χ3n) is 4.87. The summed E-state index contributed by atoms with van der Waals surface area (Å²) in [5, 5.41) is 5.32. The average molecular weight is 370 g/mol. The highest BCUT2D eigenvalue weighted by Crippen LogP contribution is 2.22. The lowest BCUT2D eigenvalue weighted by molar-refractivity contribution is 0.0988. The molecule has 0 atom stereocenters. The molecule has 0 bridgehead atoms. The summed E-state index contributed by atoms with van der Waals surface area (Å²) >= 11 is 0. The molecule has 4 aromatic rings.